The molecule has 0 unspecified atom stereocenters. The predicted molar refractivity (Wildman–Crippen MR) is 120 cm³/mol. The Morgan fingerprint density at radius 3 is 2.74 bits per heavy atom. The second-order valence-electron chi connectivity index (χ2n) is 6.19. The number of hydrogen-bond donors (Lipinski definition) is 3. The van der Waals surface area contributed by atoms with E-state index in [-0.39, 0.29) is 17.5 Å². The first-order valence-electron chi connectivity index (χ1n) is 9.00. The second-order valence-corrected chi connectivity index (χ2v) is 7.57. The maximum absolute atomic E-state index is 12.0. The molecule has 0 spiro atoms. The van der Waals surface area contributed by atoms with Gasteiger partial charge in [-0.1, -0.05) is 41.6 Å². The van der Waals surface area contributed by atoms with Crippen molar-refractivity contribution in [2.45, 2.75) is 10.9 Å². The van der Waals surface area contributed by atoms with Crippen LogP contribution in [-0.2, 0) is 5.75 Å². The van der Waals surface area contributed by atoms with Gasteiger partial charge < -0.3 is 11.1 Å². The van der Waals surface area contributed by atoms with Gasteiger partial charge in [-0.2, -0.15) is 9.67 Å². The normalized spacial score (nSPS) is 11.5. The summed E-state index contributed by atoms with van der Waals surface area (Å²) in [5.41, 5.74) is 7.62. The van der Waals surface area contributed by atoms with E-state index < -0.39 is 0 Å². The summed E-state index contributed by atoms with van der Waals surface area (Å²) < 4.78 is 1.62. The number of tetrazole rings is 1. The summed E-state index contributed by atoms with van der Waals surface area (Å²) in [4.78, 5) is 23.1. The summed E-state index contributed by atoms with van der Waals surface area (Å²) in [7, 11) is 0. The topological polar surface area (TPSA) is 140 Å². The van der Waals surface area contributed by atoms with Crippen LogP contribution in [0.4, 0.5) is 11.6 Å². The molecule has 0 bridgehead atoms. The van der Waals surface area contributed by atoms with Crippen LogP contribution in [0.5, 0.6) is 0 Å². The molecule has 0 fully saturated rings. The monoisotopic (exact) mass is 453 g/mol. The standard InChI is InChI=1S/C19H16ClN9OS/c20-12-6-8-13(9-7-12)22-17(21)25-18-23-14(10-16(30)24-18)11-31-19-26-27-28-29(19)15-4-2-1-3-5-15/h1-10H,11H2,(H4,21,22,23,24,25,30). The molecule has 156 valence electrons. The van der Waals surface area contributed by atoms with Crippen LogP contribution in [0, 0.1) is 0 Å². The number of aliphatic imine (C=N–C) groups is 1. The molecule has 0 amide bonds. The fraction of sp³-hybridized carbons (Fsp3) is 0.0526. The molecule has 10 nitrogen and oxygen atoms in total. The van der Waals surface area contributed by atoms with Gasteiger partial charge in [0.05, 0.1) is 11.4 Å². The number of anilines is 1. The van der Waals surface area contributed by atoms with Gasteiger partial charge in [-0.05, 0) is 46.8 Å². The van der Waals surface area contributed by atoms with Crippen molar-refractivity contribution in [3.8, 4) is 5.69 Å². The number of aromatic amines is 1. The summed E-state index contributed by atoms with van der Waals surface area (Å²) >= 11 is 7.21. The van der Waals surface area contributed by atoms with Crippen LogP contribution < -0.4 is 16.6 Å². The summed E-state index contributed by atoms with van der Waals surface area (Å²) in [6, 6.07) is 17.9. The summed E-state index contributed by atoms with van der Waals surface area (Å²) in [5.74, 6) is 0.525. The largest absolute Gasteiger partial charge is 0.369 e. The Morgan fingerprint density at radius 2 is 1.97 bits per heavy atom. The van der Waals surface area contributed by atoms with E-state index in [9.17, 15) is 4.79 Å². The van der Waals surface area contributed by atoms with Crippen molar-refractivity contribution in [3.63, 3.8) is 0 Å². The van der Waals surface area contributed by atoms with Crippen molar-refractivity contribution in [1.82, 2.24) is 30.2 Å². The van der Waals surface area contributed by atoms with Gasteiger partial charge in [0.2, 0.25) is 17.1 Å². The fourth-order valence-electron chi connectivity index (χ4n) is 2.58. The SMILES string of the molecule is N/C(=N\c1nc(CSc2nnnn2-c2ccccc2)cc(=O)[nH]1)Nc1ccc(Cl)cc1. The van der Waals surface area contributed by atoms with Gasteiger partial charge in [0.15, 0.2) is 0 Å². The van der Waals surface area contributed by atoms with Crippen LogP contribution >= 0.6 is 23.4 Å². The molecule has 2 aromatic carbocycles. The Hall–Kier alpha value is -3.70. The molecule has 0 aliphatic heterocycles. The average Bonchev–Trinajstić information content (AvgIpc) is 3.23. The number of nitrogens with zero attached hydrogens (tertiary/aromatic N) is 6. The Bertz CT molecular complexity index is 1260. The van der Waals surface area contributed by atoms with Gasteiger partial charge in [-0.15, -0.1) is 5.10 Å². The minimum absolute atomic E-state index is 0.0725. The van der Waals surface area contributed by atoms with Gasteiger partial charge >= 0.3 is 0 Å². The first-order chi connectivity index (χ1) is 15.1. The number of benzene rings is 2. The summed E-state index contributed by atoms with van der Waals surface area (Å²) in [6.07, 6.45) is 0. The highest BCUT2D eigenvalue weighted by Crippen LogP contribution is 2.21. The van der Waals surface area contributed by atoms with Crippen molar-refractivity contribution in [2.75, 3.05) is 5.32 Å². The highest BCUT2D eigenvalue weighted by Gasteiger charge is 2.10. The lowest BCUT2D eigenvalue weighted by Crippen LogP contribution is -2.22. The third kappa shape index (κ3) is 5.47. The van der Waals surface area contributed by atoms with Crippen molar-refractivity contribution in [1.29, 1.82) is 0 Å². The van der Waals surface area contributed by atoms with Crippen molar-refractivity contribution in [2.24, 2.45) is 10.7 Å². The van der Waals surface area contributed by atoms with Crippen molar-refractivity contribution in [3.05, 3.63) is 81.7 Å². The lowest BCUT2D eigenvalue weighted by Gasteiger charge is -2.06. The van der Waals surface area contributed by atoms with Crippen molar-refractivity contribution < 1.29 is 0 Å². The number of H-pyrrole nitrogens is 1. The fourth-order valence-corrected chi connectivity index (χ4v) is 3.49. The molecule has 31 heavy (non-hydrogen) atoms. The van der Waals surface area contributed by atoms with Crippen LogP contribution in [-0.4, -0.2) is 36.1 Å². The summed E-state index contributed by atoms with van der Waals surface area (Å²) in [5, 5.41) is 15.9. The number of nitrogens with two attached hydrogens (primary N) is 1. The Balaban J connectivity index is 1.48. The molecule has 4 aromatic rings. The minimum atomic E-state index is -0.341. The van der Waals surface area contributed by atoms with Crippen LogP contribution in [0.3, 0.4) is 0 Å². The van der Waals surface area contributed by atoms with E-state index in [0.29, 0.717) is 27.3 Å². The van der Waals surface area contributed by atoms with Crippen LogP contribution in [0.2, 0.25) is 5.02 Å². The predicted octanol–water partition coefficient (Wildman–Crippen LogP) is 2.75. The molecule has 4 N–H and O–H groups in total. The van der Waals surface area contributed by atoms with E-state index in [0.717, 1.165) is 5.69 Å². The molecular formula is C19H16ClN9OS. The van der Waals surface area contributed by atoms with Gasteiger partial charge in [0.1, 0.15) is 0 Å². The van der Waals surface area contributed by atoms with E-state index in [4.69, 9.17) is 17.3 Å². The molecule has 12 heteroatoms. The molecule has 4 rings (SSSR count). The zero-order chi connectivity index (χ0) is 21.6. The van der Waals surface area contributed by atoms with E-state index in [1.54, 1.807) is 28.9 Å². The number of guanidine groups is 1. The molecule has 0 aliphatic rings. The number of thioether (sulfide) groups is 1. The number of rotatable bonds is 6. The molecule has 0 aliphatic carbocycles. The third-order valence-electron chi connectivity index (χ3n) is 3.92. The zero-order valence-electron chi connectivity index (χ0n) is 15.9. The van der Waals surface area contributed by atoms with Gasteiger partial charge in [-0.25, -0.2) is 4.98 Å². The van der Waals surface area contributed by atoms with E-state index >= 15 is 0 Å². The Morgan fingerprint density at radius 1 is 1.19 bits per heavy atom. The number of aromatic nitrogens is 6. The van der Waals surface area contributed by atoms with Crippen LogP contribution in [0.1, 0.15) is 5.69 Å². The van der Waals surface area contributed by atoms with E-state index in [1.165, 1.54) is 17.8 Å². The lowest BCUT2D eigenvalue weighted by molar-refractivity contribution is 0.756. The molecule has 0 saturated carbocycles. The summed E-state index contributed by atoms with van der Waals surface area (Å²) in [6.45, 7) is 0. The average molecular weight is 454 g/mol. The number of hydrogen-bond acceptors (Lipinski definition) is 7. The third-order valence-corrected chi connectivity index (χ3v) is 5.12. The Labute approximate surface area is 185 Å². The van der Waals surface area contributed by atoms with E-state index in [2.05, 4.69) is 35.8 Å². The highest BCUT2D eigenvalue weighted by molar-refractivity contribution is 7.98. The molecule has 0 atom stereocenters. The molecule has 2 aromatic heterocycles. The van der Waals surface area contributed by atoms with Crippen LogP contribution in [0.15, 0.2) is 75.6 Å². The smallest absolute Gasteiger partial charge is 0.252 e. The van der Waals surface area contributed by atoms with Gasteiger partial charge in [0.25, 0.3) is 5.56 Å². The maximum atomic E-state index is 12.0. The molecule has 0 radical (unpaired) electrons. The second kappa shape index (κ2) is 9.41. The maximum Gasteiger partial charge on any atom is 0.252 e. The molecular weight excluding hydrogens is 438 g/mol. The number of nitrogens with one attached hydrogen (secondary N) is 2. The number of para-hydroxylation sites is 1. The van der Waals surface area contributed by atoms with Gasteiger partial charge in [0, 0.05) is 22.5 Å². The zero-order valence-corrected chi connectivity index (χ0v) is 17.5. The van der Waals surface area contributed by atoms with Crippen molar-refractivity contribution >= 4 is 41.0 Å². The quantitative estimate of drug-likeness (QED) is 0.230. The van der Waals surface area contributed by atoms with Crippen LogP contribution in [0.25, 0.3) is 5.69 Å². The highest BCUT2D eigenvalue weighted by atomic mass is 35.5. The van der Waals surface area contributed by atoms with E-state index in [1.807, 2.05) is 30.3 Å². The number of halogens is 1. The lowest BCUT2D eigenvalue weighted by atomic mass is 10.3. The first-order valence-corrected chi connectivity index (χ1v) is 10.4. The minimum Gasteiger partial charge on any atom is -0.369 e. The molecule has 2 heterocycles. The molecule has 0 saturated heterocycles. The Kier molecular flexibility index (Phi) is 6.24. The first kappa shape index (κ1) is 20.6. The van der Waals surface area contributed by atoms with Gasteiger partial charge in [-0.3, -0.25) is 9.78 Å².